The zero-order valence-corrected chi connectivity index (χ0v) is 11.1. The van der Waals surface area contributed by atoms with E-state index < -0.39 is 32.1 Å². The molecule has 20 heavy (non-hydrogen) atoms. The minimum absolute atomic E-state index is 0.0292. The lowest BCUT2D eigenvalue weighted by atomic mass is 10.1. The molecule has 1 N–H and O–H groups in total. The smallest absolute Gasteiger partial charge is 0.188 e. The summed E-state index contributed by atoms with van der Waals surface area (Å²) in [6.07, 6.45) is 0. The second-order valence-electron chi connectivity index (χ2n) is 4.16. The number of hydrogen-bond acceptors (Lipinski definition) is 4. The fourth-order valence-corrected chi connectivity index (χ4v) is 3.00. The zero-order chi connectivity index (χ0) is 14.8. The standard InChI is InChI=1S/C14H11FO4S/c15-12-3-1-2-4-14(12)20(18,19)9-13(17)10-5-7-11(16)8-6-10/h1-8,16H,9H2. The molecule has 0 amide bonds. The van der Waals surface area contributed by atoms with Gasteiger partial charge in [-0.2, -0.15) is 0 Å². The van der Waals surface area contributed by atoms with Gasteiger partial charge in [0, 0.05) is 5.56 Å². The van der Waals surface area contributed by atoms with Crippen molar-refractivity contribution in [1.82, 2.24) is 0 Å². The summed E-state index contributed by atoms with van der Waals surface area (Å²) in [5, 5.41) is 9.11. The zero-order valence-electron chi connectivity index (χ0n) is 10.3. The normalized spacial score (nSPS) is 11.2. The molecule has 0 saturated heterocycles. The molecule has 0 heterocycles. The van der Waals surface area contributed by atoms with Crippen LogP contribution in [0.1, 0.15) is 10.4 Å². The third-order valence-corrected chi connectivity index (χ3v) is 4.33. The van der Waals surface area contributed by atoms with Crippen molar-refractivity contribution in [3.63, 3.8) is 0 Å². The molecule has 104 valence electrons. The van der Waals surface area contributed by atoms with Crippen LogP contribution in [0.4, 0.5) is 4.39 Å². The van der Waals surface area contributed by atoms with Crippen LogP contribution in [-0.2, 0) is 9.84 Å². The monoisotopic (exact) mass is 294 g/mol. The first-order valence-electron chi connectivity index (χ1n) is 5.70. The number of benzene rings is 2. The summed E-state index contributed by atoms with van der Waals surface area (Å²) in [5.74, 6) is -2.39. The molecule has 2 aromatic rings. The summed E-state index contributed by atoms with van der Waals surface area (Å²) >= 11 is 0. The topological polar surface area (TPSA) is 71.4 Å². The maximum Gasteiger partial charge on any atom is 0.188 e. The molecule has 0 aliphatic heterocycles. The van der Waals surface area contributed by atoms with Crippen LogP contribution in [0.15, 0.2) is 53.4 Å². The number of sulfone groups is 1. The summed E-state index contributed by atoms with van der Waals surface area (Å²) in [6.45, 7) is 0. The number of phenolic OH excluding ortho intramolecular Hbond substituents is 1. The van der Waals surface area contributed by atoms with Crippen molar-refractivity contribution in [3.05, 3.63) is 59.9 Å². The van der Waals surface area contributed by atoms with E-state index in [2.05, 4.69) is 0 Å². The van der Waals surface area contributed by atoms with E-state index in [-0.39, 0.29) is 11.3 Å². The van der Waals surface area contributed by atoms with Gasteiger partial charge >= 0.3 is 0 Å². The molecular weight excluding hydrogens is 283 g/mol. The van der Waals surface area contributed by atoms with Gasteiger partial charge in [0.15, 0.2) is 15.6 Å². The number of rotatable bonds is 4. The molecule has 0 spiro atoms. The number of Topliss-reactive ketones (excluding diaryl/α,β-unsaturated/α-hetero) is 1. The molecule has 0 aliphatic rings. The highest BCUT2D eigenvalue weighted by Crippen LogP contribution is 2.17. The Balaban J connectivity index is 2.27. The molecule has 0 unspecified atom stereocenters. The van der Waals surface area contributed by atoms with E-state index in [9.17, 15) is 17.6 Å². The number of phenols is 1. The molecule has 0 fully saturated rings. The van der Waals surface area contributed by atoms with Crippen LogP contribution in [0.25, 0.3) is 0 Å². The Morgan fingerprint density at radius 2 is 1.65 bits per heavy atom. The van der Waals surface area contributed by atoms with Gasteiger partial charge in [0.05, 0.1) is 0 Å². The van der Waals surface area contributed by atoms with Crippen molar-refractivity contribution in [3.8, 4) is 5.75 Å². The molecule has 0 aliphatic carbocycles. The average Bonchev–Trinajstić information content (AvgIpc) is 2.39. The Labute approximate surface area is 115 Å². The van der Waals surface area contributed by atoms with E-state index in [1.54, 1.807) is 0 Å². The van der Waals surface area contributed by atoms with Crippen LogP contribution in [0.5, 0.6) is 5.75 Å². The number of carbonyl (C=O) groups is 1. The Kier molecular flexibility index (Phi) is 3.85. The maximum absolute atomic E-state index is 13.5. The summed E-state index contributed by atoms with van der Waals surface area (Å²) in [6, 6.07) is 10.1. The number of halogens is 1. The van der Waals surface area contributed by atoms with E-state index in [0.717, 1.165) is 12.1 Å². The number of carbonyl (C=O) groups excluding carboxylic acids is 1. The lowest BCUT2D eigenvalue weighted by molar-refractivity contribution is 0.102. The Morgan fingerprint density at radius 1 is 1.05 bits per heavy atom. The minimum Gasteiger partial charge on any atom is -0.508 e. The predicted octanol–water partition coefficient (Wildman–Crippen LogP) is 2.19. The molecule has 0 saturated carbocycles. The number of ketones is 1. The summed E-state index contributed by atoms with van der Waals surface area (Å²) in [4.78, 5) is 11.4. The second kappa shape index (κ2) is 5.42. The highest BCUT2D eigenvalue weighted by Gasteiger charge is 2.23. The van der Waals surface area contributed by atoms with Crippen LogP contribution in [0, 0.1) is 5.82 Å². The fraction of sp³-hybridized carbons (Fsp3) is 0.0714. The summed E-state index contributed by atoms with van der Waals surface area (Å²) < 4.78 is 37.5. The van der Waals surface area contributed by atoms with Gasteiger partial charge < -0.3 is 5.11 Å². The van der Waals surface area contributed by atoms with Gasteiger partial charge in [-0.15, -0.1) is 0 Å². The van der Waals surface area contributed by atoms with Crippen LogP contribution in [0.3, 0.4) is 0 Å². The largest absolute Gasteiger partial charge is 0.508 e. The van der Waals surface area contributed by atoms with Gasteiger partial charge in [0.1, 0.15) is 22.2 Å². The molecule has 2 aromatic carbocycles. The van der Waals surface area contributed by atoms with Crippen molar-refractivity contribution >= 4 is 15.6 Å². The molecule has 0 atom stereocenters. The van der Waals surface area contributed by atoms with Crippen LogP contribution < -0.4 is 0 Å². The van der Waals surface area contributed by atoms with E-state index in [0.29, 0.717) is 0 Å². The lowest BCUT2D eigenvalue weighted by Crippen LogP contribution is -2.17. The molecule has 0 radical (unpaired) electrons. The quantitative estimate of drug-likeness (QED) is 0.877. The molecule has 0 bridgehead atoms. The lowest BCUT2D eigenvalue weighted by Gasteiger charge is -2.05. The number of hydrogen-bond donors (Lipinski definition) is 1. The van der Waals surface area contributed by atoms with Gasteiger partial charge in [0.2, 0.25) is 0 Å². The van der Waals surface area contributed by atoms with Crippen molar-refractivity contribution in [2.45, 2.75) is 4.90 Å². The van der Waals surface area contributed by atoms with E-state index in [1.165, 1.54) is 36.4 Å². The Morgan fingerprint density at radius 3 is 2.25 bits per heavy atom. The van der Waals surface area contributed by atoms with Gasteiger partial charge in [0.25, 0.3) is 0 Å². The van der Waals surface area contributed by atoms with Crippen LogP contribution >= 0.6 is 0 Å². The molecule has 4 nitrogen and oxygen atoms in total. The third kappa shape index (κ3) is 3.03. The second-order valence-corrected chi connectivity index (χ2v) is 6.12. The van der Waals surface area contributed by atoms with E-state index >= 15 is 0 Å². The first-order chi connectivity index (χ1) is 9.40. The van der Waals surface area contributed by atoms with Gasteiger partial charge in [-0.1, -0.05) is 12.1 Å². The highest BCUT2D eigenvalue weighted by atomic mass is 32.2. The van der Waals surface area contributed by atoms with Crippen molar-refractivity contribution in [2.24, 2.45) is 0 Å². The molecule has 6 heteroatoms. The SMILES string of the molecule is O=C(CS(=O)(=O)c1ccccc1F)c1ccc(O)cc1. The van der Waals surface area contributed by atoms with Crippen molar-refractivity contribution in [2.75, 3.05) is 5.75 Å². The third-order valence-electron chi connectivity index (χ3n) is 2.68. The highest BCUT2D eigenvalue weighted by molar-refractivity contribution is 7.92. The molecule has 2 rings (SSSR count). The van der Waals surface area contributed by atoms with E-state index in [4.69, 9.17) is 5.11 Å². The minimum atomic E-state index is -4.04. The van der Waals surface area contributed by atoms with Crippen molar-refractivity contribution < 1.29 is 22.7 Å². The van der Waals surface area contributed by atoms with Crippen molar-refractivity contribution in [1.29, 1.82) is 0 Å². The molecular formula is C14H11FO4S. The molecule has 0 aromatic heterocycles. The first kappa shape index (κ1) is 14.2. The van der Waals surface area contributed by atoms with Gasteiger partial charge in [-0.25, -0.2) is 12.8 Å². The average molecular weight is 294 g/mol. The summed E-state index contributed by atoms with van der Waals surface area (Å²) in [7, 11) is -4.04. The Bertz CT molecular complexity index is 736. The van der Waals surface area contributed by atoms with Crippen LogP contribution in [-0.4, -0.2) is 25.1 Å². The first-order valence-corrected chi connectivity index (χ1v) is 7.35. The fourth-order valence-electron chi connectivity index (χ4n) is 1.68. The van der Waals surface area contributed by atoms with Crippen LogP contribution in [0.2, 0.25) is 0 Å². The Hall–Kier alpha value is -2.21. The maximum atomic E-state index is 13.5. The van der Waals surface area contributed by atoms with Gasteiger partial charge in [-0.05, 0) is 36.4 Å². The summed E-state index contributed by atoms with van der Waals surface area (Å²) in [5.41, 5.74) is 0.141. The number of aromatic hydroxyl groups is 1. The van der Waals surface area contributed by atoms with Gasteiger partial charge in [-0.3, -0.25) is 4.79 Å². The predicted molar refractivity (Wildman–Crippen MR) is 70.9 cm³/mol. The van der Waals surface area contributed by atoms with E-state index in [1.807, 2.05) is 0 Å².